The normalized spacial score (nSPS) is 11.8. The van der Waals surface area contributed by atoms with E-state index in [9.17, 15) is 17.2 Å². The average Bonchev–Trinajstić information content (AvgIpc) is 2.74. The smallest absolute Gasteiger partial charge is 0.245 e. The molecule has 0 saturated carbocycles. The summed E-state index contributed by atoms with van der Waals surface area (Å²) in [6, 6.07) is 3.45. The average molecular weight is 316 g/mol. The zero-order valence-electron chi connectivity index (χ0n) is 11.5. The van der Waals surface area contributed by atoms with Crippen LogP contribution in [0.2, 0.25) is 0 Å². The minimum Gasteiger partial charge on any atom is -0.360 e. The Bertz CT molecular complexity index is 737. The van der Waals surface area contributed by atoms with Gasteiger partial charge in [0.2, 0.25) is 10.0 Å². The third kappa shape index (κ3) is 3.45. The Labute approximate surface area is 121 Å². The van der Waals surface area contributed by atoms with Gasteiger partial charge in [0, 0.05) is 6.54 Å². The molecule has 1 aromatic carbocycles. The highest BCUT2D eigenvalue weighted by Crippen LogP contribution is 2.18. The van der Waals surface area contributed by atoms with E-state index in [-0.39, 0.29) is 29.3 Å². The first-order valence-electron chi connectivity index (χ1n) is 6.17. The molecule has 0 spiro atoms. The second-order valence-electron chi connectivity index (χ2n) is 4.55. The van der Waals surface area contributed by atoms with Gasteiger partial charge in [-0.25, -0.2) is 21.9 Å². The Morgan fingerprint density at radius 3 is 2.52 bits per heavy atom. The molecule has 0 fully saturated rings. The monoisotopic (exact) mass is 316 g/mol. The molecule has 0 aliphatic heterocycles. The maximum Gasteiger partial charge on any atom is 0.245 e. The topological polar surface area (TPSA) is 72.2 Å². The Kier molecular flexibility index (Phi) is 4.38. The van der Waals surface area contributed by atoms with Crippen LogP contribution in [0.1, 0.15) is 17.0 Å². The van der Waals surface area contributed by atoms with Gasteiger partial charge < -0.3 is 4.52 Å². The molecule has 2 aromatic rings. The summed E-state index contributed by atoms with van der Waals surface area (Å²) >= 11 is 0. The van der Waals surface area contributed by atoms with Gasteiger partial charge in [-0.05, 0) is 38.0 Å². The summed E-state index contributed by atoms with van der Waals surface area (Å²) in [7, 11) is -3.74. The van der Waals surface area contributed by atoms with E-state index < -0.39 is 21.7 Å². The van der Waals surface area contributed by atoms with Crippen molar-refractivity contribution in [1.82, 2.24) is 9.88 Å². The molecule has 1 heterocycles. The number of aromatic nitrogens is 1. The van der Waals surface area contributed by atoms with Gasteiger partial charge in [0.25, 0.3) is 0 Å². The predicted molar refractivity (Wildman–Crippen MR) is 71.2 cm³/mol. The van der Waals surface area contributed by atoms with E-state index in [2.05, 4.69) is 9.88 Å². The van der Waals surface area contributed by atoms with Crippen molar-refractivity contribution >= 4 is 10.0 Å². The molecule has 0 atom stereocenters. The molecular formula is C13H14F2N2O3S. The van der Waals surface area contributed by atoms with Crippen molar-refractivity contribution < 1.29 is 21.7 Å². The van der Waals surface area contributed by atoms with Gasteiger partial charge in [0.15, 0.2) is 17.4 Å². The highest BCUT2D eigenvalue weighted by Gasteiger charge is 2.23. The van der Waals surface area contributed by atoms with Crippen LogP contribution in [0.15, 0.2) is 27.6 Å². The molecule has 114 valence electrons. The molecule has 0 amide bonds. The van der Waals surface area contributed by atoms with Crippen molar-refractivity contribution in [1.29, 1.82) is 0 Å². The fraction of sp³-hybridized carbons (Fsp3) is 0.308. The molecule has 21 heavy (non-hydrogen) atoms. The number of nitrogens with zero attached hydrogens (tertiary/aromatic N) is 1. The Morgan fingerprint density at radius 2 is 1.95 bits per heavy atom. The predicted octanol–water partition coefficient (Wildman–Crippen LogP) is 2.09. The van der Waals surface area contributed by atoms with Crippen LogP contribution in [-0.2, 0) is 16.4 Å². The summed E-state index contributed by atoms with van der Waals surface area (Å²) in [4.78, 5) is 0.00721. The van der Waals surface area contributed by atoms with Crippen LogP contribution in [0.4, 0.5) is 8.78 Å². The zero-order chi connectivity index (χ0) is 15.6. The van der Waals surface area contributed by atoms with Crippen LogP contribution in [0.5, 0.6) is 0 Å². The summed E-state index contributed by atoms with van der Waals surface area (Å²) < 4.78 is 57.2. The Balaban J connectivity index is 2.04. The third-order valence-corrected chi connectivity index (χ3v) is 4.63. The van der Waals surface area contributed by atoms with Crippen LogP contribution < -0.4 is 4.72 Å². The molecule has 0 saturated heterocycles. The molecule has 8 heteroatoms. The number of rotatable bonds is 5. The standard InChI is InChI=1S/C13H14F2N2O3S/c1-8-13(9(2)20-17-8)21(18,19)16-6-5-10-3-4-11(14)12(15)7-10/h3-4,7,16H,5-6H2,1-2H3. The number of aryl methyl sites for hydroxylation is 2. The molecule has 1 N–H and O–H groups in total. The molecule has 0 aliphatic carbocycles. The number of nitrogens with one attached hydrogen (secondary N) is 1. The largest absolute Gasteiger partial charge is 0.360 e. The first-order chi connectivity index (χ1) is 9.81. The maximum absolute atomic E-state index is 13.0. The first-order valence-corrected chi connectivity index (χ1v) is 7.66. The summed E-state index contributed by atoms with van der Waals surface area (Å²) in [5.41, 5.74) is 0.767. The SMILES string of the molecule is Cc1noc(C)c1S(=O)(=O)NCCc1ccc(F)c(F)c1. The van der Waals surface area contributed by atoms with E-state index in [4.69, 9.17) is 4.52 Å². The van der Waals surface area contributed by atoms with Gasteiger partial charge in [-0.2, -0.15) is 0 Å². The minimum absolute atomic E-state index is 0.00721. The third-order valence-electron chi connectivity index (χ3n) is 2.93. The number of hydrogen-bond acceptors (Lipinski definition) is 4. The Morgan fingerprint density at radius 1 is 1.24 bits per heavy atom. The molecule has 0 bridgehead atoms. The molecule has 0 radical (unpaired) electrons. The Hall–Kier alpha value is -1.80. The number of hydrogen-bond donors (Lipinski definition) is 1. The van der Waals surface area contributed by atoms with Crippen molar-refractivity contribution in [2.24, 2.45) is 0 Å². The number of sulfonamides is 1. The van der Waals surface area contributed by atoms with Crippen molar-refractivity contribution in [3.63, 3.8) is 0 Å². The quantitative estimate of drug-likeness (QED) is 0.917. The fourth-order valence-corrected chi connectivity index (χ4v) is 3.31. The van der Waals surface area contributed by atoms with Crippen LogP contribution in [-0.4, -0.2) is 20.1 Å². The summed E-state index contributed by atoms with van der Waals surface area (Å²) in [5, 5.41) is 3.58. The van der Waals surface area contributed by atoms with Crippen molar-refractivity contribution in [3.8, 4) is 0 Å². The van der Waals surface area contributed by atoms with Gasteiger partial charge in [-0.3, -0.25) is 0 Å². The fourth-order valence-electron chi connectivity index (χ4n) is 1.96. The van der Waals surface area contributed by atoms with Crippen molar-refractivity contribution in [2.75, 3.05) is 6.54 Å². The molecular weight excluding hydrogens is 302 g/mol. The summed E-state index contributed by atoms with van der Waals surface area (Å²) in [6.45, 7) is 3.09. The molecule has 1 aromatic heterocycles. The zero-order valence-corrected chi connectivity index (χ0v) is 12.3. The highest BCUT2D eigenvalue weighted by atomic mass is 32.2. The van der Waals surface area contributed by atoms with Crippen LogP contribution in [0.25, 0.3) is 0 Å². The number of halogens is 2. The van der Waals surface area contributed by atoms with Gasteiger partial charge in [-0.15, -0.1) is 0 Å². The van der Waals surface area contributed by atoms with Crippen molar-refractivity contribution in [2.45, 2.75) is 25.2 Å². The number of benzene rings is 1. The molecule has 0 unspecified atom stereocenters. The lowest BCUT2D eigenvalue weighted by Crippen LogP contribution is -2.26. The second-order valence-corrected chi connectivity index (χ2v) is 6.25. The highest BCUT2D eigenvalue weighted by molar-refractivity contribution is 7.89. The van der Waals surface area contributed by atoms with E-state index in [1.807, 2.05) is 0 Å². The van der Waals surface area contributed by atoms with E-state index in [1.165, 1.54) is 19.9 Å². The lowest BCUT2D eigenvalue weighted by Gasteiger charge is -2.06. The van der Waals surface area contributed by atoms with Gasteiger partial charge in [-0.1, -0.05) is 11.2 Å². The molecule has 0 aliphatic rings. The van der Waals surface area contributed by atoms with Gasteiger partial charge in [0.05, 0.1) is 0 Å². The molecule has 2 rings (SSSR count). The van der Waals surface area contributed by atoms with E-state index in [0.29, 0.717) is 5.56 Å². The van der Waals surface area contributed by atoms with Crippen LogP contribution >= 0.6 is 0 Å². The second kappa shape index (κ2) is 5.90. The van der Waals surface area contributed by atoms with Gasteiger partial charge >= 0.3 is 0 Å². The minimum atomic E-state index is -3.74. The van der Waals surface area contributed by atoms with E-state index in [1.54, 1.807) is 0 Å². The lowest BCUT2D eigenvalue weighted by molar-refractivity contribution is 0.390. The van der Waals surface area contributed by atoms with E-state index in [0.717, 1.165) is 12.1 Å². The lowest BCUT2D eigenvalue weighted by atomic mass is 10.1. The summed E-state index contributed by atoms with van der Waals surface area (Å²) in [5.74, 6) is -1.69. The maximum atomic E-state index is 13.0. The van der Waals surface area contributed by atoms with Gasteiger partial charge in [0.1, 0.15) is 10.6 Å². The summed E-state index contributed by atoms with van der Waals surface area (Å²) in [6.07, 6.45) is 0.236. The van der Waals surface area contributed by atoms with Crippen LogP contribution in [0.3, 0.4) is 0 Å². The first kappa shape index (κ1) is 15.6. The van der Waals surface area contributed by atoms with E-state index >= 15 is 0 Å². The molecule has 5 nitrogen and oxygen atoms in total. The van der Waals surface area contributed by atoms with Crippen molar-refractivity contribution in [3.05, 3.63) is 46.9 Å². The van der Waals surface area contributed by atoms with Crippen LogP contribution in [0, 0.1) is 25.5 Å².